The molecule has 0 radical (unpaired) electrons. The molecule has 2 atom stereocenters. The molecule has 1 aromatic rings. The summed E-state index contributed by atoms with van der Waals surface area (Å²) in [7, 11) is 0. The van der Waals surface area contributed by atoms with Crippen LogP contribution in [0.4, 0.5) is 0 Å². The maximum atomic E-state index is 9.29. The van der Waals surface area contributed by atoms with E-state index in [1.165, 1.54) is 11.1 Å². The Hall–Kier alpha value is -0.890. The molecule has 2 nitrogen and oxygen atoms in total. The van der Waals surface area contributed by atoms with Gasteiger partial charge in [0.25, 0.3) is 0 Å². The van der Waals surface area contributed by atoms with E-state index in [9.17, 15) is 5.11 Å². The highest BCUT2D eigenvalue weighted by Crippen LogP contribution is 2.21. The van der Waals surface area contributed by atoms with E-state index in [2.05, 4.69) is 24.9 Å². The fraction of sp³-hybridized carbons (Fsp3) is 0.583. The number of rotatable bonds is 3. The summed E-state index contributed by atoms with van der Waals surface area (Å²) >= 11 is 0. The van der Waals surface area contributed by atoms with Gasteiger partial charge in [-0.3, -0.25) is 4.98 Å². The minimum Gasteiger partial charge on any atom is -0.393 e. The first kappa shape index (κ1) is 11.2. The van der Waals surface area contributed by atoms with Crippen molar-refractivity contribution in [1.29, 1.82) is 0 Å². The van der Waals surface area contributed by atoms with Crippen molar-refractivity contribution in [2.75, 3.05) is 0 Å². The van der Waals surface area contributed by atoms with Gasteiger partial charge >= 0.3 is 0 Å². The number of nitrogens with zero attached hydrogens (tertiary/aromatic N) is 1. The number of pyridine rings is 1. The molecule has 0 aliphatic carbocycles. The van der Waals surface area contributed by atoms with Gasteiger partial charge < -0.3 is 5.11 Å². The van der Waals surface area contributed by atoms with Gasteiger partial charge in [0.2, 0.25) is 0 Å². The highest BCUT2D eigenvalue weighted by Gasteiger charge is 2.09. The smallest absolute Gasteiger partial charge is 0.0517 e. The summed E-state index contributed by atoms with van der Waals surface area (Å²) in [4.78, 5) is 4.33. The van der Waals surface area contributed by atoms with Crippen LogP contribution in [0.25, 0.3) is 0 Å². The van der Waals surface area contributed by atoms with Crippen LogP contribution in [0, 0.1) is 13.8 Å². The number of aryl methyl sites for hydroxylation is 2. The minimum atomic E-state index is -0.244. The molecule has 0 spiro atoms. The average Bonchev–Trinajstić information content (AvgIpc) is 2.08. The number of aliphatic hydroxyl groups is 1. The van der Waals surface area contributed by atoms with Crippen LogP contribution in [0.5, 0.6) is 0 Å². The second-order valence-electron chi connectivity index (χ2n) is 4.16. The second kappa shape index (κ2) is 4.56. The molecule has 1 heterocycles. The Kier molecular flexibility index (Phi) is 3.64. The molecule has 0 aromatic carbocycles. The molecular formula is C12H19NO. The van der Waals surface area contributed by atoms with Gasteiger partial charge in [-0.1, -0.05) is 13.0 Å². The minimum absolute atomic E-state index is 0.244. The lowest BCUT2D eigenvalue weighted by atomic mass is 9.95. The van der Waals surface area contributed by atoms with E-state index in [0.29, 0.717) is 5.92 Å². The molecule has 1 aromatic heterocycles. The molecular weight excluding hydrogens is 174 g/mol. The lowest BCUT2D eigenvalue weighted by Gasteiger charge is -2.14. The first-order valence-electron chi connectivity index (χ1n) is 5.12. The third kappa shape index (κ3) is 2.81. The summed E-state index contributed by atoms with van der Waals surface area (Å²) < 4.78 is 0. The zero-order valence-corrected chi connectivity index (χ0v) is 9.41. The van der Waals surface area contributed by atoms with Crippen LogP contribution < -0.4 is 0 Å². The van der Waals surface area contributed by atoms with Crippen molar-refractivity contribution in [1.82, 2.24) is 4.98 Å². The van der Waals surface area contributed by atoms with Gasteiger partial charge in [0, 0.05) is 11.9 Å². The predicted octanol–water partition coefficient (Wildman–Crippen LogP) is 2.57. The van der Waals surface area contributed by atoms with Gasteiger partial charge in [-0.2, -0.15) is 0 Å². The molecule has 1 N–H and O–H groups in total. The first-order chi connectivity index (χ1) is 6.50. The van der Waals surface area contributed by atoms with Crippen LogP contribution in [-0.4, -0.2) is 16.2 Å². The monoisotopic (exact) mass is 193 g/mol. The van der Waals surface area contributed by atoms with Crippen LogP contribution >= 0.6 is 0 Å². The lowest BCUT2D eigenvalue weighted by molar-refractivity contribution is 0.176. The Morgan fingerprint density at radius 2 is 2.00 bits per heavy atom. The Balaban J connectivity index is 2.80. The van der Waals surface area contributed by atoms with Gasteiger partial charge in [0.05, 0.1) is 6.10 Å². The maximum Gasteiger partial charge on any atom is 0.0517 e. The molecule has 2 heteroatoms. The summed E-state index contributed by atoms with van der Waals surface area (Å²) in [5.41, 5.74) is 3.52. The molecule has 0 saturated heterocycles. The molecule has 14 heavy (non-hydrogen) atoms. The Labute approximate surface area is 86.0 Å². The molecule has 0 aliphatic heterocycles. The molecule has 2 unspecified atom stereocenters. The average molecular weight is 193 g/mol. The van der Waals surface area contributed by atoms with Gasteiger partial charge in [0.1, 0.15) is 0 Å². The second-order valence-corrected chi connectivity index (χ2v) is 4.16. The van der Waals surface area contributed by atoms with Crippen LogP contribution in [-0.2, 0) is 0 Å². The topological polar surface area (TPSA) is 33.1 Å². The van der Waals surface area contributed by atoms with E-state index in [0.717, 1.165) is 12.1 Å². The first-order valence-corrected chi connectivity index (χ1v) is 5.12. The van der Waals surface area contributed by atoms with E-state index in [4.69, 9.17) is 0 Å². The van der Waals surface area contributed by atoms with Crippen LogP contribution in [0.3, 0.4) is 0 Å². The van der Waals surface area contributed by atoms with Gasteiger partial charge in [-0.25, -0.2) is 0 Å². The molecule has 0 aliphatic rings. The molecule has 0 fully saturated rings. The Morgan fingerprint density at radius 1 is 1.36 bits per heavy atom. The zero-order chi connectivity index (χ0) is 10.7. The van der Waals surface area contributed by atoms with Crippen molar-refractivity contribution in [3.63, 3.8) is 0 Å². The molecule has 1 rings (SSSR count). The van der Waals surface area contributed by atoms with E-state index in [-0.39, 0.29) is 6.10 Å². The quantitative estimate of drug-likeness (QED) is 0.800. The van der Waals surface area contributed by atoms with Crippen molar-refractivity contribution in [2.24, 2.45) is 0 Å². The normalized spacial score (nSPS) is 15.2. The highest BCUT2D eigenvalue weighted by atomic mass is 16.3. The largest absolute Gasteiger partial charge is 0.393 e. The number of hydrogen-bond donors (Lipinski definition) is 1. The van der Waals surface area contributed by atoms with Crippen molar-refractivity contribution in [2.45, 2.75) is 46.1 Å². The summed E-state index contributed by atoms with van der Waals surface area (Å²) in [5.74, 6) is 0.377. The van der Waals surface area contributed by atoms with Crippen molar-refractivity contribution in [3.8, 4) is 0 Å². The fourth-order valence-electron chi connectivity index (χ4n) is 1.58. The third-order valence-electron chi connectivity index (χ3n) is 2.62. The number of aliphatic hydroxyl groups excluding tert-OH is 1. The lowest BCUT2D eigenvalue weighted by Crippen LogP contribution is -2.06. The zero-order valence-electron chi connectivity index (χ0n) is 9.41. The summed E-state index contributed by atoms with van der Waals surface area (Å²) in [6.45, 7) is 8.03. The van der Waals surface area contributed by atoms with Gasteiger partial charge in [-0.05, 0) is 44.2 Å². The van der Waals surface area contributed by atoms with E-state index in [1.54, 1.807) is 0 Å². The Morgan fingerprint density at radius 3 is 2.50 bits per heavy atom. The van der Waals surface area contributed by atoms with Gasteiger partial charge in [-0.15, -0.1) is 0 Å². The maximum absolute atomic E-state index is 9.29. The molecule has 0 bridgehead atoms. The highest BCUT2D eigenvalue weighted by molar-refractivity contribution is 5.25. The van der Waals surface area contributed by atoms with Crippen molar-refractivity contribution >= 4 is 0 Å². The van der Waals surface area contributed by atoms with Crippen LogP contribution in [0.2, 0.25) is 0 Å². The van der Waals surface area contributed by atoms with Crippen molar-refractivity contribution < 1.29 is 5.11 Å². The van der Waals surface area contributed by atoms with E-state index >= 15 is 0 Å². The predicted molar refractivity (Wildman–Crippen MR) is 58.4 cm³/mol. The summed E-state index contributed by atoms with van der Waals surface area (Å²) in [6, 6.07) is 2.16. The van der Waals surface area contributed by atoms with Crippen LogP contribution in [0.1, 0.15) is 43.0 Å². The molecule has 0 saturated carbocycles. The number of aromatic nitrogens is 1. The Bertz CT molecular complexity index is 307. The van der Waals surface area contributed by atoms with E-state index in [1.807, 2.05) is 20.0 Å². The summed E-state index contributed by atoms with van der Waals surface area (Å²) in [6.07, 6.45) is 2.46. The van der Waals surface area contributed by atoms with Crippen molar-refractivity contribution in [3.05, 3.63) is 29.1 Å². The fourth-order valence-corrected chi connectivity index (χ4v) is 1.58. The van der Waals surface area contributed by atoms with Crippen LogP contribution in [0.15, 0.2) is 12.3 Å². The SMILES string of the molecule is Cc1cc(C(C)CC(C)O)cnc1C. The van der Waals surface area contributed by atoms with E-state index < -0.39 is 0 Å². The number of hydrogen-bond acceptors (Lipinski definition) is 2. The third-order valence-corrected chi connectivity index (χ3v) is 2.62. The standard InChI is InChI=1S/C12H19NO/c1-8-6-12(7-13-11(8)4)9(2)5-10(3)14/h6-7,9-10,14H,5H2,1-4H3. The molecule has 78 valence electrons. The van der Waals surface area contributed by atoms with Gasteiger partial charge in [0.15, 0.2) is 0 Å². The summed E-state index contributed by atoms with van der Waals surface area (Å²) in [5, 5.41) is 9.29. The molecule has 0 amide bonds.